The Hall–Kier alpha value is -2.73. The molecule has 1 amide bonds. The third kappa shape index (κ3) is 5.66. The number of halogens is 1. The van der Waals surface area contributed by atoms with E-state index in [2.05, 4.69) is 4.74 Å². The Morgan fingerprint density at radius 3 is 2.53 bits per heavy atom. The predicted octanol–water partition coefficient (Wildman–Crippen LogP) is 3.87. The number of hydrogen-bond acceptors (Lipinski definition) is 5. The Labute approximate surface area is 181 Å². The highest BCUT2D eigenvalue weighted by atomic mass is 35.5. The van der Waals surface area contributed by atoms with Crippen LogP contribution in [0.4, 0.5) is 0 Å². The van der Waals surface area contributed by atoms with Gasteiger partial charge in [-0.25, -0.2) is 4.79 Å². The average Bonchev–Trinajstić information content (AvgIpc) is 3.28. The van der Waals surface area contributed by atoms with Crippen molar-refractivity contribution in [2.45, 2.75) is 32.3 Å². The molecular weight excluding hydrogens is 406 g/mol. The number of ether oxygens (including phenoxy) is 3. The first kappa shape index (κ1) is 22.0. The van der Waals surface area contributed by atoms with Crippen molar-refractivity contribution in [1.82, 2.24) is 4.90 Å². The van der Waals surface area contributed by atoms with Crippen LogP contribution in [0.25, 0.3) is 0 Å². The van der Waals surface area contributed by atoms with Gasteiger partial charge in [0.1, 0.15) is 11.5 Å². The van der Waals surface area contributed by atoms with Crippen molar-refractivity contribution < 1.29 is 23.8 Å². The van der Waals surface area contributed by atoms with Crippen LogP contribution in [0.15, 0.2) is 42.5 Å². The molecule has 1 unspecified atom stereocenters. The van der Waals surface area contributed by atoms with E-state index >= 15 is 0 Å². The lowest BCUT2D eigenvalue weighted by Crippen LogP contribution is -2.38. The molecule has 7 heteroatoms. The largest absolute Gasteiger partial charge is 0.482 e. The number of para-hydroxylation sites is 1. The molecule has 2 aromatic carbocycles. The molecular formula is C23H26ClNO5. The van der Waals surface area contributed by atoms with Gasteiger partial charge in [0.25, 0.3) is 5.91 Å². The zero-order chi connectivity index (χ0) is 21.5. The first-order valence-electron chi connectivity index (χ1n) is 9.99. The number of rotatable bonds is 8. The molecule has 1 atom stereocenters. The van der Waals surface area contributed by atoms with Crippen LogP contribution in [0.2, 0.25) is 5.02 Å². The highest BCUT2D eigenvalue weighted by Crippen LogP contribution is 2.29. The van der Waals surface area contributed by atoms with Crippen LogP contribution in [-0.4, -0.2) is 49.7 Å². The van der Waals surface area contributed by atoms with Gasteiger partial charge in [-0.2, -0.15) is 0 Å². The first-order valence-corrected chi connectivity index (χ1v) is 10.4. The van der Waals surface area contributed by atoms with Gasteiger partial charge in [0.2, 0.25) is 0 Å². The summed E-state index contributed by atoms with van der Waals surface area (Å²) in [7, 11) is 1.31. The SMILES string of the molecule is COC(=O)COc1ccc(Cl)cc1Cc1ccccc1OC(C)C(=O)N1CCCC1. The van der Waals surface area contributed by atoms with Crippen LogP contribution in [0.3, 0.4) is 0 Å². The average molecular weight is 432 g/mol. The number of benzene rings is 2. The fourth-order valence-corrected chi connectivity index (χ4v) is 3.62. The summed E-state index contributed by atoms with van der Waals surface area (Å²) in [6, 6.07) is 12.8. The molecule has 0 N–H and O–H groups in total. The van der Waals surface area contributed by atoms with Crippen molar-refractivity contribution in [1.29, 1.82) is 0 Å². The normalized spacial score (nSPS) is 14.3. The van der Waals surface area contributed by atoms with Gasteiger partial charge in [-0.3, -0.25) is 4.79 Å². The number of methoxy groups -OCH3 is 1. The lowest BCUT2D eigenvalue weighted by Gasteiger charge is -2.22. The van der Waals surface area contributed by atoms with Crippen molar-refractivity contribution in [3.63, 3.8) is 0 Å². The minimum absolute atomic E-state index is 0.00663. The molecule has 0 saturated carbocycles. The fourth-order valence-electron chi connectivity index (χ4n) is 3.43. The molecule has 1 heterocycles. The summed E-state index contributed by atoms with van der Waals surface area (Å²) in [5.74, 6) is 0.721. The van der Waals surface area contributed by atoms with Gasteiger partial charge < -0.3 is 19.1 Å². The first-order chi connectivity index (χ1) is 14.5. The Balaban J connectivity index is 1.76. The van der Waals surface area contributed by atoms with E-state index in [0.29, 0.717) is 22.9 Å². The Morgan fingerprint density at radius 1 is 1.07 bits per heavy atom. The number of carbonyl (C=O) groups excluding carboxylic acids is 2. The maximum absolute atomic E-state index is 12.6. The second-order valence-electron chi connectivity index (χ2n) is 7.19. The molecule has 0 aliphatic carbocycles. The summed E-state index contributed by atoms with van der Waals surface area (Å²) in [4.78, 5) is 25.9. The fraction of sp³-hybridized carbons (Fsp3) is 0.391. The molecule has 0 spiro atoms. The lowest BCUT2D eigenvalue weighted by molar-refractivity contribution is -0.143. The minimum atomic E-state index is -0.571. The molecule has 30 heavy (non-hydrogen) atoms. The Bertz CT molecular complexity index is 895. The van der Waals surface area contributed by atoms with E-state index in [1.165, 1.54) is 7.11 Å². The van der Waals surface area contributed by atoms with Gasteiger partial charge in [-0.15, -0.1) is 0 Å². The Kier molecular flexibility index (Phi) is 7.57. The highest BCUT2D eigenvalue weighted by Gasteiger charge is 2.25. The zero-order valence-electron chi connectivity index (χ0n) is 17.2. The van der Waals surface area contributed by atoms with Crippen molar-refractivity contribution in [3.05, 3.63) is 58.6 Å². The van der Waals surface area contributed by atoms with Crippen molar-refractivity contribution in [2.75, 3.05) is 26.8 Å². The highest BCUT2D eigenvalue weighted by molar-refractivity contribution is 6.30. The number of esters is 1. The molecule has 1 saturated heterocycles. The molecule has 160 valence electrons. The van der Waals surface area contributed by atoms with Crippen LogP contribution in [0, 0.1) is 0 Å². The number of nitrogens with zero attached hydrogens (tertiary/aromatic N) is 1. The number of amides is 1. The molecule has 0 radical (unpaired) electrons. The molecule has 1 aliphatic heterocycles. The van der Waals surface area contributed by atoms with Crippen LogP contribution >= 0.6 is 11.6 Å². The molecule has 0 aromatic heterocycles. The summed E-state index contributed by atoms with van der Waals surface area (Å²) < 4.78 is 16.3. The minimum Gasteiger partial charge on any atom is -0.482 e. The molecule has 1 fully saturated rings. The van der Waals surface area contributed by atoms with E-state index < -0.39 is 12.1 Å². The van der Waals surface area contributed by atoms with E-state index in [-0.39, 0.29) is 12.5 Å². The van der Waals surface area contributed by atoms with Crippen LogP contribution < -0.4 is 9.47 Å². The predicted molar refractivity (Wildman–Crippen MR) is 114 cm³/mol. The van der Waals surface area contributed by atoms with E-state index in [4.69, 9.17) is 21.1 Å². The molecule has 0 bridgehead atoms. The van der Waals surface area contributed by atoms with Crippen LogP contribution in [-0.2, 0) is 20.7 Å². The number of carbonyl (C=O) groups is 2. The standard InChI is InChI=1S/C23H26ClNO5/c1-16(23(27)25-11-5-6-12-25)30-21-8-4-3-7-17(21)13-18-14-19(24)9-10-20(18)29-15-22(26)28-2/h3-4,7-10,14,16H,5-6,11-13,15H2,1-2H3. The van der Waals surface area contributed by atoms with Gasteiger partial charge in [0.15, 0.2) is 12.7 Å². The van der Waals surface area contributed by atoms with E-state index in [1.807, 2.05) is 29.2 Å². The second kappa shape index (κ2) is 10.3. The summed E-state index contributed by atoms with van der Waals surface area (Å²) in [5, 5.41) is 0.561. The van der Waals surface area contributed by atoms with Gasteiger partial charge in [0.05, 0.1) is 7.11 Å². The molecule has 2 aromatic rings. The number of hydrogen-bond donors (Lipinski definition) is 0. The van der Waals surface area contributed by atoms with Gasteiger partial charge in [0, 0.05) is 30.1 Å². The molecule has 1 aliphatic rings. The van der Waals surface area contributed by atoms with Crippen molar-refractivity contribution in [3.8, 4) is 11.5 Å². The van der Waals surface area contributed by atoms with E-state index in [9.17, 15) is 9.59 Å². The second-order valence-corrected chi connectivity index (χ2v) is 7.63. The van der Waals surface area contributed by atoms with Crippen LogP contribution in [0.5, 0.6) is 11.5 Å². The maximum Gasteiger partial charge on any atom is 0.343 e. The van der Waals surface area contributed by atoms with Gasteiger partial charge in [-0.05, 0) is 49.6 Å². The van der Waals surface area contributed by atoms with Crippen LogP contribution in [0.1, 0.15) is 30.9 Å². The van der Waals surface area contributed by atoms with Gasteiger partial charge >= 0.3 is 5.97 Å². The third-order valence-electron chi connectivity index (χ3n) is 5.02. The quantitative estimate of drug-likeness (QED) is 0.593. The summed E-state index contributed by atoms with van der Waals surface area (Å²) in [5.41, 5.74) is 1.70. The summed E-state index contributed by atoms with van der Waals surface area (Å²) >= 11 is 6.18. The Morgan fingerprint density at radius 2 is 1.80 bits per heavy atom. The smallest absolute Gasteiger partial charge is 0.343 e. The third-order valence-corrected chi connectivity index (χ3v) is 5.25. The lowest BCUT2D eigenvalue weighted by atomic mass is 10.0. The zero-order valence-corrected chi connectivity index (χ0v) is 18.0. The van der Waals surface area contributed by atoms with E-state index in [0.717, 1.165) is 37.1 Å². The van der Waals surface area contributed by atoms with Crippen molar-refractivity contribution >= 4 is 23.5 Å². The van der Waals surface area contributed by atoms with Gasteiger partial charge in [-0.1, -0.05) is 29.8 Å². The van der Waals surface area contributed by atoms with Crippen molar-refractivity contribution in [2.24, 2.45) is 0 Å². The monoisotopic (exact) mass is 431 g/mol. The summed E-state index contributed by atoms with van der Waals surface area (Å²) in [6.07, 6.45) is 1.98. The molecule has 3 rings (SSSR count). The molecule has 6 nitrogen and oxygen atoms in total. The number of likely N-dealkylation sites (tertiary alicyclic amines) is 1. The maximum atomic E-state index is 12.6. The topological polar surface area (TPSA) is 65.1 Å². The van der Waals surface area contributed by atoms with E-state index in [1.54, 1.807) is 25.1 Å². The summed E-state index contributed by atoms with van der Waals surface area (Å²) in [6.45, 7) is 3.17.